The third-order valence-electron chi connectivity index (χ3n) is 2.75. The highest BCUT2D eigenvalue weighted by atomic mass is 35.5. The number of aliphatic hydroxyl groups is 1. The minimum Gasteiger partial charge on any atom is -0.395 e. The van der Waals surface area contributed by atoms with Crippen molar-refractivity contribution in [3.8, 4) is 0 Å². The molecule has 0 aromatic heterocycles. The molecule has 1 saturated carbocycles. The lowest BCUT2D eigenvalue weighted by molar-refractivity contribution is 0.250. The van der Waals surface area contributed by atoms with Gasteiger partial charge in [-0.1, -0.05) is 11.6 Å². The Hall–Kier alpha value is -0.690. The van der Waals surface area contributed by atoms with E-state index in [4.69, 9.17) is 16.7 Å². The number of nitrogens with zero attached hydrogens (tertiary/aromatic N) is 1. The molecule has 2 rings (SSSR count). The second-order valence-corrected chi connectivity index (χ2v) is 6.41. The Morgan fingerprint density at radius 2 is 2.11 bits per heavy atom. The van der Waals surface area contributed by atoms with E-state index in [0.717, 1.165) is 25.0 Å². The van der Waals surface area contributed by atoms with Crippen molar-refractivity contribution in [2.45, 2.75) is 23.8 Å². The Morgan fingerprint density at radius 3 is 2.67 bits per heavy atom. The molecule has 7 heteroatoms. The Morgan fingerprint density at radius 1 is 1.44 bits per heavy atom. The minimum absolute atomic E-state index is 0.000157. The van der Waals surface area contributed by atoms with Crippen molar-refractivity contribution >= 4 is 21.6 Å². The van der Waals surface area contributed by atoms with E-state index in [-0.39, 0.29) is 29.1 Å². The van der Waals surface area contributed by atoms with Crippen LogP contribution in [0.2, 0.25) is 5.02 Å². The quantitative estimate of drug-likeness (QED) is 0.897. The number of benzene rings is 1. The van der Waals surface area contributed by atoms with Crippen molar-refractivity contribution < 1.29 is 17.9 Å². The fraction of sp³-hybridized carbons (Fsp3) is 0.455. The summed E-state index contributed by atoms with van der Waals surface area (Å²) >= 11 is 5.82. The fourth-order valence-corrected chi connectivity index (χ4v) is 3.93. The van der Waals surface area contributed by atoms with Crippen LogP contribution in [0, 0.1) is 5.82 Å². The van der Waals surface area contributed by atoms with Gasteiger partial charge in [-0.15, -0.1) is 0 Å². The normalized spacial score (nSPS) is 16.2. The number of hydrogen-bond acceptors (Lipinski definition) is 3. The molecule has 0 heterocycles. The summed E-state index contributed by atoms with van der Waals surface area (Å²) in [6.45, 7) is -0.275. The molecule has 0 aliphatic heterocycles. The van der Waals surface area contributed by atoms with Gasteiger partial charge in [0.25, 0.3) is 0 Å². The highest BCUT2D eigenvalue weighted by molar-refractivity contribution is 7.89. The SMILES string of the molecule is O=S(=O)(c1cc(F)ccc1Cl)N(CCO)C1CC1. The van der Waals surface area contributed by atoms with Gasteiger partial charge in [0.05, 0.1) is 11.6 Å². The first kappa shape index (κ1) is 13.7. The zero-order valence-corrected chi connectivity index (χ0v) is 11.1. The van der Waals surface area contributed by atoms with Crippen LogP contribution in [0.15, 0.2) is 23.1 Å². The number of sulfonamides is 1. The maximum Gasteiger partial charge on any atom is 0.244 e. The smallest absolute Gasteiger partial charge is 0.244 e. The van der Waals surface area contributed by atoms with Crippen LogP contribution in [0.3, 0.4) is 0 Å². The van der Waals surface area contributed by atoms with Crippen LogP contribution in [-0.4, -0.2) is 37.0 Å². The third-order valence-corrected chi connectivity index (χ3v) is 5.19. The fourth-order valence-electron chi connectivity index (χ4n) is 1.76. The highest BCUT2D eigenvalue weighted by Gasteiger charge is 2.38. The summed E-state index contributed by atoms with van der Waals surface area (Å²) in [5.41, 5.74) is 0. The van der Waals surface area contributed by atoms with E-state index in [1.54, 1.807) is 0 Å². The molecule has 1 aromatic rings. The van der Waals surface area contributed by atoms with Gasteiger partial charge in [0.1, 0.15) is 10.7 Å². The van der Waals surface area contributed by atoms with Gasteiger partial charge in [-0.25, -0.2) is 12.8 Å². The van der Waals surface area contributed by atoms with Gasteiger partial charge in [-0.2, -0.15) is 4.31 Å². The van der Waals surface area contributed by atoms with Crippen LogP contribution < -0.4 is 0 Å². The number of halogens is 2. The van der Waals surface area contributed by atoms with Gasteiger partial charge in [0.15, 0.2) is 0 Å². The molecule has 100 valence electrons. The monoisotopic (exact) mass is 293 g/mol. The molecular formula is C11H13ClFNO3S. The van der Waals surface area contributed by atoms with E-state index in [9.17, 15) is 12.8 Å². The predicted molar refractivity (Wildman–Crippen MR) is 65.4 cm³/mol. The second-order valence-electron chi connectivity index (χ2n) is 4.15. The van der Waals surface area contributed by atoms with E-state index in [2.05, 4.69) is 0 Å². The van der Waals surface area contributed by atoms with Gasteiger partial charge in [0, 0.05) is 12.6 Å². The molecule has 1 fully saturated rings. The standard InChI is InChI=1S/C11H13ClFNO3S/c12-10-4-1-8(13)7-11(10)18(16,17)14(5-6-15)9-2-3-9/h1,4,7,9,15H,2-3,5-6H2. The predicted octanol–water partition coefficient (Wildman–Crippen LogP) is 1.62. The molecular weight excluding hydrogens is 281 g/mol. The van der Waals surface area contributed by atoms with E-state index >= 15 is 0 Å². The molecule has 0 spiro atoms. The van der Waals surface area contributed by atoms with Crippen LogP contribution in [0.25, 0.3) is 0 Å². The molecule has 4 nitrogen and oxygen atoms in total. The van der Waals surface area contributed by atoms with Crippen LogP contribution in [0.5, 0.6) is 0 Å². The Labute approximate surface area is 110 Å². The maximum atomic E-state index is 13.2. The highest BCUT2D eigenvalue weighted by Crippen LogP contribution is 2.34. The Balaban J connectivity index is 2.42. The van der Waals surface area contributed by atoms with E-state index in [1.807, 2.05) is 0 Å². The zero-order chi connectivity index (χ0) is 13.3. The average Bonchev–Trinajstić information content (AvgIpc) is 3.13. The largest absolute Gasteiger partial charge is 0.395 e. The Kier molecular flexibility index (Phi) is 3.91. The molecule has 0 bridgehead atoms. The van der Waals surface area contributed by atoms with Crippen molar-refractivity contribution in [1.82, 2.24) is 4.31 Å². The number of hydrogen-bond donors (Lipinski definition) is 1. The molecule has 1 aromatic carbocycles. The van der Waals surface area contributed by atoms with Crippen LogP contribution in [0.1, 0.15) is 12.8 Å². The first-order valence-electron chi connectivity index (χ1n) is 5.54. The minimum atomic E-state index is -3.85. The molecule has 1 aliphatic rings. The van der Waals surface area contributed by atoms with Crippen LogP contribution in [0.4, 0.5) is 4.39 Å². The van der Waals surface area contributed by atoms with E-state index in [0.29, 0.717) is 0 Å². The van der Waals surface area contributed by atoms with Crippen molar-refractivity contribution in [2.24, 2.45) is 0 Å². The summed E-state index contributed by atoms with van der Waals surface area (Å²) in [7, 11) is -3.85. The molecule has 0 saturated heterocycles. The van der Waals surface area contributed by atoms with E-state index in [1.165, 1.54) is 10.4 Å². The van der Waals surface area contributed by atoms with E-state index < -0.39 is 15.8 Å². The van der Waals surface area contributed by atoms with Crippen molar-refractivity contribution in [2.75, 3.05) is 13.2 Å². The third kappa shape index (κ3) is 2.66. The average molecular weight is 294 g/mol. The first-order valence-corrected chi connectivity index (χ1v) is 7.36. The molecule has 0 atom stereocenters. The summed E-state index contributed by atoms with van der Waals surface area (Å²) in [5.74, 6) is -0.655. The van der Waals surface area contributed by atoms with Gasteiger partial charge in [-0.05, 0) is 31.0 Å². The van der Waals surface area contributed by atoms with Gasteiger partial charge < -0.3 is 5.11 Å². The lowest BCUT2D eigenvalue weighted by atomic mass is 10.3. The molecule has 0 radical (unpaired) electrons. The zero-order valence-electron chi connectivity index (χ0n) is 9.51. The van der Waals surface area contributed by atoms with Crippen molar-refractivity contribution in [3.05, 3.63) is 29.0 Å². The molecule has 1 N–H and O–H groups in total. The lowest BCUT2D eigenvalue weighted by Gasteiger charge is -2.21. The van der Waals surface area contributed by atoms with Crippen molar-refractivity contribution in [3.63, 3.8) is 0 Å². The summed E-state index contributed by atoms with van der Waals surface area (Å²) < 4.78 is 39.0. The molecule has 0 amide bonds. The molecule has 18 heavy (non-hydrogen) atoms. The summed E-state index contributed by atoms with van der Waals surface area (Å²) in [4.78, 5) is -0.246. The Bertz CT molecular complexity index is 545. The number of rotatable bonds is 5. The summed E-state index contributed by atoms with van der Waals surface area (Å²) in [5, 5.41) is 8.92. The second kappa shape index (κ2) is 5.13. The maximum absolute atomic E-state index is 13.2. The first-order chi connectivity index (χ1) is 8.46. The van der Waals surface area contributed by atoms with Crippen molar-refractivity contribution in [1.29, 1.82) is 0 Å². The summed E-state index contributed by atoms with van der Waals surface area (Å²) in [6, 6.07) is 3.12. The van der Waals surface area contributed by atoms with Crippen LogP contribution in [-0.2, 0) is 10.0 Å². The summed E-state index contributed by atoms with van der Waals surface area (Å²) in [6.07, 6.45) is 1.51. The number of aliphatic hydroxyl groups excluding tert-OH is 1. The topological polar surface area (TPSA) is 57.6 Å². The van der Waals surface area contributed by atoms with Gasteiger partial charge in [0.2, 0.25) is 10.0 Å². The molecule has 0 unspecified atom stereocenters. The van der Waals surface area contributed by atoms with Gasteiger partial charge in [-0.3, -0.25) is 0 Å². The van der Waals surface area contributed by atoms with Crippen LogP contribution >= 0.6 is 11.6 Å². The lowest BCUT2D eigenvalue weighted by Crippen LogP contribution is -2.35. The van der Waals surface area contributed by atoms with Gasteiger partial charge >= 0.3 is 0 Å². The molecule has 1 aliphatic carbocycles.